The lowest BCUT2D eigenvalue weighted by Crippen LogP contribution is -2.48. The molecule has 0 unspecified atom stereocenters. The molecule has 0 aromatic heterocycles. The Hall–Kier alpha value is -2.70. The number of sulfonamides is 1. The van der Waals surface area contributed by atoms with Gasteiger partial charge < -0.3 is 24.8 Å². The Morgan fingerprint density at radius 1 is 1.06 bits per heavy atom. The molecule has 47 heavy (non-hydrogen) atoms. The van der Waals surface area contributed by atoms with E-state index in [9.17, 15) is 23.1 Å². The van der Waals surface area contributed by atoms with E-state index in [1.807, 2.05) is 13.8 Å². The molecule has 0 bridgehead atoms. The van der Waals surface area contributed by atoms with E-state index in [1.165, 1.54) is 35.6 Å². The minimum absolute atomic E-state index is 0.0425. The van der Waals surface area contributed by atoms with Gasteiger partial charge in [0.1, 0.15) is 5.75 Å². The van der Waals surface area contributed by atoms with Crippen LogP contribution in [-0.2, 0) is 19.6 Å². The number of ether oxygens (including phenoxy) is 2. The smallest absolute Gasteiger partial charge is 0.258 e. The zero-order valence-corrected chi connectivity index (χ0v) is 29.6. The summed E-state index contributed by atoms with van der Waals surface area (Å²) in [5, 5.41) is 13.7. The van der Waals surface area contributed by atoms with Gasteiger partial charge in [-0.1, -0.05) is 37.8 Å². The Kier molecular flexibility index (Phi) is 13.5. The maximum Gasteiger partial charge on any atom is 0.258 e. The van der Waals surface area contributed by atoms with Crippen molar-refractivity contribution >= 4 is 39.1 Å². The van der Waals surface area contributed by atoms with Crippen LogP contribution in [0.2, 0.25) is 5.02 Å². The maximum atomic E-state index is 14.4. The zero-order chi connectivity index (χ0) is 34.1. The number of hydrogen-bond acceptors (Lipinski definition) is 7. The third-order valence-electron chi connectivity index (χ3n) is 9.25. The van der Waals surface area contributed by atoms with Crippen LogP contribution in [0, 0.1) is 11.8 Å². The van der Waals surface area contributed by atoms with Gasteiger partial charge >= 0.3 is 0 Å². The average molecular weight is 692 g/mol. The number of amides is 2. The molecule has 1 fully saturated rings. The van der Waals surface area contributed by atoms with Crippen molar-refractivity contribution in [3.63, 3.8) is 0 Å². The molecule has 0 saturated heterocycles. The number of rotatable bonds is 8. The SMILES string of the molecule is C[C@@H]1CN([C@@H](C)CO)C(=O)c2cc(NC(=O)C3CCCCC3)ccc2O[C@@H](C)CCCCO[C@@H]1CN(C)S(=O)(=O)c1ccc(Cl)cc1. The third kappa shape index (κ3) is 9.92. The van der Waals surface area contributed by atoms with E-state index >= 15 is 0 Å². The minimum Gasteiger partial charge on any atom is -0.490 e. The highest BCUT2D eigenvalue weighted by molar-refractivity contribution is 7.89. The number of nitrogens with one attached hydrogen (secondary N) is 1. The van der Waals surface area contributed by atoms with Crippen molar-refractivity contribution in [2.45, 2.75) is 95.3 Å². The quantitative estimate of drug-likeness (QED) is 0.349. The number of hydrogen-bond donors (Lipinski definition) is 2. The van der Waals surface area contributed by atoms with Crippen LogP contribution in [0.5, 0.6) is 5.75 Å². The number of benzene rings is 2. The monoisotopic (exact) mass is 691 g/mol. The van der Waals surface area contributed by atoms with Crippen LogP contribution in [0.15, 0.2) is 47.4 Å². The van der Waals surface area contributed by atoms with Crippen LogP contribution < -0.4 is 10.1 Å². The van der Waals surface area contributed by atoms with Gasteiger partial charge in [-0.3, -0.25) is 9.59 Å². The molecule has 2 N–H and O–H groups in total. The summed E-state index contributed by atoms with van der Waals surface area (Å²) in [4.78, 5) is 29.1. The minimum atomic E-state index is -3.83. The molecule has 2 aromatic carbocycles. The Balaban J connectivity index is 1.62. The summed E-state index contributed by atoms with van der Waals surface area (Å²) in [5.74, 6) is -0.336. The number of halogens is 1. The van der Waals surface area contributed by atoms with Gasteiger partial charge in [0.05, 0.1) is 35.3 Å². The fraction of sp³-hybridized carbons (Fsp3) is 0.600. The van der Waals surface area contributed by atoms with Crippen LogP contribution in [0.25, 0.3) is 0 Å². The first-order chi connectivity index (χ1) is 22.4. The van der Waals surface area contributed by atoms with Crippen molar-refractivity contribution in [2.24, 2.45) is 11.8 Å². The van der Waals surface area contributed by atoms with Gasteiger partial charge in [-0.2, -0.15) is 4.31 Å². The van der Waals surface area contributed by atoms with Crippen molar-refractivity contribution in [3.05, 3.63) is 53.1 Å². The molecular weight excluding hydrogens is 642 g/mol. The lowest BCUT2D eigenvalue weighted by Gasteiger charge is -2.35. The van der Waals surface area contributed by atoms with Gasteiger partial charge in [-0.25, -0.2) is 8.42 Å². The summed E-state index contributed by atoms with van der Waals surface area (Å²) in [5.41, 5.74) is 0.813. The highest BCUT2D eigenvalue weighted by Crippen LogP contribution is 2.30. The maximum absolute atomic E-state index is 14.4. The molecule has 2 amide bonds. The number of likely N-dealkylation sites (N-methyl/N-ethyl adjacent to an activating group) is 1. The largest absolute Gasteiger partial charge is 0.490 e. The number of aliphatic hydroxyl groups is 1. The van der Waals surface area contributed by atoms with Gasteiger partial charge in [-0.15, -0.1) is 0 Å². The molecule has 2 aromatic rings. The Bertz CT molecular complexity index is 1450. The normalized spacial score (nSPS) is 23.0. The molecule has 12 heteroatoms. The molecule has 260 valence electrons. The van der Waals surface area contributed by atoms with E-state index in [1.54, 1.807) is 30.0 Å². The van der Waals surface area contributed by atoms with Crippen LogP contribution in [0.4, 0.5) is 5.69 Å². The predicted molar refractivity (Wildman–Crippen MR) is 183 cm³/mol. The second-order valence-electron chi connectivity index (χ2n) is 13.1. The highest BCUT2D eigenvalue weighted by atomic mass is 35.5. The topological polar surface area (TPSA) is 125 Å². The van der Waals surface area contributed by atoms with E-state index in [0.29, 0.717) is 28.6 Å². The summed E-state index contributed by atoms with van der Waals surface area (Å²) in [6, 6.07) is 10.6. The molecule has 1 aliphatic heterocycles. The van der Waals surface area contributed by atoms with Crippen LogP contribution in [0.1, 0.15) is 82.5 Å². The summed E-state index contributed by atoms with van der Waals surface area (Å²) < 4.78 is 40.7. The van der Waals surface area contributed by atoms with Crippen molar-refractivity contribution in [2.75, 3.05) is 38.7 Å². The van der Waals surface area contributed by atoms with Gasteiger partial charge in [0.25, 0.3) is 5.91 Å². The molecule has 2 aliphatic rings. The van der Waals surface area contributed by atoms with Crippen molar-refractivity contribution in [3.8, 4) is 5.75 Å². The number of carbonyl (C=O) groups is 2. The molecule has 1 heterocycles. The number of anilines is 1. The number of aliphatic hydroxyl groups excluding tert-OH is 1. The molecule has 0 spiro atoms. The summed E-state index contributed by atoms with van der Waals surface area (Å²) >= 11 is 5.99. The highest BCUT2D eigenvalue weighted by Gasteiger charge is 2.33. The van der Waals surface area contributed by atoms with Crippen molar-refractivity contribution < 1.29 is 32.6 Å². The van der Waals surface area contributed by atoms with Crippen molar-refractivity contribution in [1.82, 2.24) is 9.21 Å². The first kappa shape index (κ1) is 37.1. The third-order valence-corrected chi connectivity index (χ3v) is 11.3. The fourth-order valence-electron chi connectivity index (χ4n) is 6.21. The Morgan fingerprint density at radius 2 is 1.74 bits per heavy atom. The molecule has 4 atom stereocenters. The first-order valence-corrected chi connectivity index (χ1v) is 18.6. The molecule has 4 rings (SSSR count). The zero-order valence-electron chi connectivity index (χ0n) is 28.0. The summed E-state index contributed by atoms with van der Waals surface area (Å²) in [6.45, 7) is 6.03. The van der Waals surface area contributed by atoms with E-state index in [0.717, 1.165) is 51.4 Å². The van der Waals surface area contributed by atoms with Gasteiger partial charge in [0.2, 0.25) is 15.9 Å². The van der Waals surface area contributed by atoms with E-state index < -0.39 is 22.2 Å². The van der Waals surface area contributed by atoms with Gasteiger partial charge in [0, 0.05) is 49.3 Å². The Morgan fingerprint density at radius 3 is 2.43 bits per heavy atom. The Labute approximate surface area is 284 Å². The summed E-state index contributed by atoms with van der Waals surface area (Å²) in [6.07, 6.45) is 6.47. The van der Waals surface area contributed by atoms with Crippen LogP contribution >= 0.6 is 11.6 Å². The number of carbonyl (C=O) groups excluding carboxylic acids is 2. The average Bonchev–Trinajstić information content (AvgIpc) is 3.06. The van der Waals surface area contributed by atoms with Crippen LogP contribution in [-0.4, -0.2) is 86.1 Å². The lowest BCUT2D eigenvalue weighted by molar-refractivity contribution is -0.120. The van der Waals surface area contributed by atoms with E-state index in [-0.39, 0.29) is 54.3 Å². The number of nitrogens with zero attached hydrogens (tertiary/aromatic N) is 2. The molecule has 10 nitrogen and oxygen atoms in total. The predicted octanol–water partition coefficient (Wildman–Crippen LogP) is 5.98. The molecule has 1 saturated carbocycles. The van der Waals surface area contributed by atoms with Crippen LogP contribution in [0.3, 0.4) is 0 Å². The molecular formula is C35H50ClN3O7S. The van der Waals surface area contributed by atoms with E-state index in [2.05, 4.69) is 5.32 Å². The van der Waals surface area contributed by atoms with Gasteiger partial charge in [-0.05, 0) is 88.4 Å². The molecule has 0 radical (unpaired) electrons. The van der Waals surface area contributed by atoms with Crippen molar-refractivity contribution in [1.29, 1.82) is 0 Å². The first-order valence-electron chi connectivity index (χ1n) is 16.8. The van der Waals surface area contributed by atoms with Gasteiger partial charge in [0.15, 0.2) is 0 Å². The fourth-order valence-corrected chi connectivity index (χ4v) is 7.52. The second kappa shape index (κ2) is 17.1. The lowest BCUT2D eigenvalue weighted by atomic mass is 9.88. The van der Waals surface area contributed by atoms with E-state index in [4.69, 9.17) is 21.1 Å². The molecule has 1 aliphatic carbocycles. The standard InChI is InChI=1S/C35H50ClN3O7S/c1-24-21-39(25(2)23-40)35(42)31-20-29(37-34(41)27-11-6-5-7-12-27)15-18-32(31)46-26(3)10-8-9-19-45-33(24)22-38(4)47(43,44)30-16-13-28(36)14-17-30/h13-18,20,24-27,33,40H,5-12,19,21-23H2,1-4H3,(H,37,41)/t24-,25+,26+,33-/m1/s1. The summed E-state index contributed by atoms with van der Waals surface area (Å²) in [7, 11) is -2.32. The second-order valence-corrected chi connectivity index (χ2v) is 15.6. The number of fused-ring (bicyclic) bond motifs is 1.